The van der Waals surface area contributed by atoms with Gasteiger partial charge in [-0.05, 0) is 35.9 Å². The van der Waals surface area contributed by atoms with E-state index in [0.717, 1.165) is 17.0 Å². The predicted octanol–water partition coefficient (Wildman–Crippen LogP) is 5.17. The quantitative estimate of drug-likeness (QED) is 0.502. The van der Waals surface area contributed by atoms with Crippen LogP contribution in [0.15, 0.2) is 42.5 Å². The average Bonchev–Trinajstić information content (AvgIpc) is 3.11. The van der Waals surface area contributed by atoms with Gasteiger partial charge < -0.3 is 14.7 Å². The number of carbonyl (C=O) groups is 2. The van der Waals surface area contributed by atoms with Gasteiger partial charge in [0.25, 0.3) is 0 Å². The van der Waals surface area contributed by atoms with E-state index in [1.165, 1.54) is 12.1 Å². The van der Waals surface area contributed by atoms with Gasteiger partial charge in [-0.2, -0.15) is 26.3 Å². The van der Waals surface area contributed by atoms with Gasteiger partial charge >= 0.3 is 24.4 Å². The fourth-order valence-electron chi connectivity index (χ4n) is 3.36. The van der Waals surface area contributed by atoms with Crippen molar-refractivity contribution in [1.29, 1.82) is 0 Å². The second-order valence-electron chi connectivity index (χ2n) is 7.08. The number of nitrogens with zero attached hydrogens (tertiary/aromatic N) is 1. The molecule has 2 atom stereocenters. The van der Waals surface area contributed by atoms with Gasteiger partial charge in [-0.25, -0.2) is 14.0 Å². The van der Waals surface area contributed by atoms with Crippen molar-refractivity contribution in [2.24, 2.45) is 0 Å². The molecule has 1 amide bonds. The Morgan fingerprint density at radius 1 is 0.906 bits per heavy atom. The molecular formula is C20H14F7NO4. The van der Waals surface area contributed by atoms with Gasteiger partial charge in [0.1, 0.15) is 11.9 Å². The lowest BCUT2D eigenvalue weighted by atomic mass is 9.96. The molecule has 1 heterocycles. The van der Waals surface area contributed by atoms with E-state index in [1.807, 2.05) is 0 Å². The maximum absolute atomic E-state index is 13.2. The minimum absolute atomic E-state index is 0.125. The lowest BCUT2D eigenvalue weighted by molar-refractivity contribution is -0.143. The van der Waals surface area contributed by atoms with Crippen molar-refractivity contribution < 1.29 is 50.2 Å². The molecule has 1 saturated heterocycles. The molecule has 0 aliphatic carbocycles. The highest BCUT2D eigenvalue weighted by molar-refractivity contribution is 5.90. The number of hydrogen-bond donors (Lipinski definition) is 1. The average molecular weight is 465 g/mol. The van der Waals surface area contributed by atoms with Crippen LogP contribution in [0, 0.1) is 5.82 Å². The number of amides is 1. The monoisotopic (exact) mass is 465 g/mol. The first-order chi connectivity index (χ1) is 14.8. The third kappa shape index (κ3) is 5.11. The Morgan fingerprint density at radius 3 is 1.91 bits per heavy atom. The summed E-state index contributed by atoms with van der Waals surface area (Å²) in [7, 11) is 0. The van der Waals surface area contributed by atoms with Gasteiger partial charge in [0.2, 0.25) is 0 Å². The number of ether oxygens (including phenoxy) is 1. The normalized spacial score (nSPS) is 19.2. The van der Waals surface area contributed by atoms with Crippen LogP contribution in [0.2, 0.25) is 0 Å². The van der Waals surface area contributed by atoms with Gasteiger partial charge in [0, 0.05) is 12.5 Å². The summed E-state index contributed by atoms with van der Waals surface area (Å²) in [4.78, 5) is 24.7. The molecule has 1 aliphatic rings. The van der Waals surface area contributed by atoms with Crippen LogP contribution in [0.4, 0.5) is 35.5 Å². The number of halogens is 7. The molecule has 2 aromatic carbocycles. The van der Waals surface area contributed by atoms with Gasteiger partial charge in [0.05, 0.1) is 23.2 Å². The molecule has 0 radical (unpaired) electrons. The van der Waals surface area contributed by atoms with Crippen molar-refractivity contribution in [3.8, 4) is 0 Å². The van der Waals surface area contributed by atoms with E-state index in [0.29, 0.717) is 5.56 Å². The van der Waals surface area contributed by atoms with Crippen molar-refractivity contribution in [2.75, 3.05) is 13.1 Å². The van der Waals surface area contributed by atoms with E-state index in [-0.39, 0.29) is 31.3 Å². The second kappa shape index (κ2) is 8.32. The minimum atomic E-state index is -5.15. The first kappa shape index (κ1) is 23.4. The maximum Gasteiger partial charge on any atom is 0.416 e. The summed E-state index contributed by atoms with van der Waals surface area (Å²) < 4.78 is 96.6. The standard InChI is InChI=1S/C20H14F7NO4/c21-14-3-1-10(2-4-14)15-8-28(18(30)31)9-16(15)32-17(29)11-5-12(19(22,23)24)7-13(6-11)20(25,26)27/h1-7,15-16H,8-9H2,(H,30,31)/t15-,16-/m0/s1. The van der Waals surface area contributed by atoms with Gasteiger partial charge in [-0.15, -0.1) is 0 Å². The molecule has 1 fully saturated rings. The molecule has 0 saturated carbocycles. The molecule has 172 valence electrons. The Labute approximate surface area is 176 Å². The van der Waals surface area contributed by atoms with Crippen molar-refractivity contribution in [3.63, 3.8) is 0 Å². The Hall–Kier alpha value is -3.31. The first-order valence-corrected chi connectivity index (χ1v) is 8.99. The zero-order valence-corrected chi connectivity index (χ0v) is 15.9. The molecule has 0 aromatic heterocycles. The number of rotatable bonds is 3. The Kier molecular flexibility index (Phi) is 6.07. The van der Waals surface area contributed by atoms with E-state index in [1.54, 1.807) is 0 Å². The van der Waals surface area contributed by atoms with Crippen molar-refractivity contribution >= 4 is 12.1 Å². The SMILES string of the molecule is O=C(O[C@H]1CN(C(=O)O)C[C@H]1c1ccc(F)cc1)c1cc(C(F)(F)F)cc(C(F)(F)F)c1. The summed E-state index contributed by atoms with van der Waals surface area (Å²) in [6.07, 6.45) is -12.9. The molecule has 0 bridgehead atoms. The molecule has 5 nitrogen and oxygen atoms in total. The summed E-state index contributed by atoms with van der Waals surface area (Å²) >= 11 is 0. The van der Waals surface area contributed by atoms with Crippen molar-refractivity contribution in [3.05, 3.63) is 70.5 Å². The molecule has 1 aliphatic heterocycles. The number of hydrogen-bond acceptors (Lipinski definition) is 3. The molecule has 12 heteroatoms. The van der Waals surface area contributed by atoms with Crippen LogP contribution in [-0.4, -0.2) is 41.3 Å². The lowest BCUT2D eigenvalue weighted by Crippen LogP contribution is -2.29. The maximum atomic E-state index is 13.2. The highest BCUT2D eigenvalue weighted by atomic mass is 19.4. The zero-order valence-electron chi connectivity index (χ0n) is 15.9. The smallest absolute Gasteiger partial charge is 0.416 e. The van der Waals surface area contributed by atoms with Crippen molar-refractivity contribution in [2.45, 2.75) is 24.4 Å². The first-order valence-electron chi connectivity index (χ1n) is 8.99. The van der Waals surface area contributed by atoms with Crippen molar-refractivity contribution in [1.82, 2.24) is 4.90 Å². The van der Waals surface area contributed by atoms with E-state index in [9.17, 15) is 45.4 Å². The van der Waals surface area contributed by atoms with Crippen LogP contribution in [0.5, 0.6) is 0 Å². The Balaban J connectivity index is 1.93. The molecule has 0 spiro atoms. The van der Waals surface area contributed by atoms with E-state index < -0.39 is 58.9 Å². The van der Waals surface area contributed by atoms with Crippen LogP contribution in [0.3, 0.4) is 0 Å². The van der Waals surface area contributed by atoms with Crippen LogP contribution in [0.1, 0.15) is 33.0 Å². The third-order valence-corrected chi connectivity index (χ3v) is 4.92. The highest BCUT2D eigenvalue weighted by Gasteiger charge is 2.41. The number of benzene rings is 2. The minimum Gasteiger partial charge on any atom is -0.465 e. The summed E-state index contributed by atoms with van der Waals surface area (Å²) in [5, 5.41) is 9.22. The lowest BCUT2D eigenvalue weighted by Gasteiger charge is -2.20. The number of carboxylic acid groups (broad SMARTS) is 1. The van der Waals surface area contributed by atoms with Crippen LogP contribution in [-0.2, 0) is 17.1 Å². The van der Waals surface area contributed by atoms with Crippen LogP contribution >= 0.6 is 0 Å². The fourth-order valence-corrected chi connectivity index (χ4v) is 3.36. The molecule has 3 rings (SSSR count). The van der Waals surface area contributed by atoms with Gasteiger partial charge in [-0.1, -0.05) is 12.1 Å². The Morgan fingerprint density at radius 2 is 1.44 bits per heavy atom. The number of alkyl halides is 6. The fraction of sp³-hybridized carbons (Fsp3) is 0.300. The van der Waals surface area contributed by atoms with E-state index in [2.05, 4.69) is 0 Å². The molecule has 32 heavy (non-hydrogen) atoms. The number of carbonyl (C=O) groups excluding carboxylic acids is 1. The predicted molar refractivity (Wildman–Crippen MR) is 94.4 cm³/mol. The molecule has 1 N–H and O–H groups in total. The van der Waals surface area contributed by atoms with Crippen LogP contribution < -0.4 is 0 Å². The second-order valence-corrected chi connectivity index (χ2v) is 7.08. The van der Waals surface area contributed by atoms with Gasteiger partial charge in [0.15, 0.2) is 0 Å². The summed E-state index contributed by atoms with van der Waals surface area (Å²) in [5.41, 5.74) is -3.98. The Bertz CT molecular complexity index is 986. The molecule has 0 unspecified atom stereocenters. The van der Waals surface area contributed by atoms with E-state index >= 15 is 0 Å². The largest absolute Gasteiger partial charge is 0.465 e. The molecule has 2 aromatic rings. The van der Waals surface area contributed by atoms with E-state index in [4.69, 9.17) is 4.74 Å². The summed E-state index contributed by atoms with van der Waals surface area (Å²) in [5.74, 6) is -2.87. The topological polar surface area (TPSA) is 66.8 Å². The summed E-state index contributed by atoms with van der Waals surface area (Å²) in [6, 6.07) is 5.14. The van der Waals surface area contributed by atoms with Gasteiger partial charge in [-0.3, -0.25) is 0 Å². The summed E-state index contributed by atoms with van der Waals surface area (Å²) in [6.45, 7) is -0.538. The number of likely N-dealkylation sites (tertiary alicyclic amines) is 1. The number of esters is 1. The van der Waals surface area contributed by atoms with Crippen LogP contribution in [0.25, 0.3) is 0 Å². The highest BCUT2D eigenvalue weighted by Crippen LogP contribution is 2.37. The molecular weight excluding hydrogens is 451 g/mol. The zero-order chi connectivity index (χ0) is 23.8. The third-order valence-electron chi connectivity index (χ3n) is 4.92.